The van der Waals surface area contributed by atoms with Crippen LogP contribution < -0.4 is 5.32 Å². The van der Waals surface area contributed by atoms with Gasteiger partial charge in [0.05, 0.1) is 12.6 Å². The topological polar surface area (TPSA) is 34.4 Å². The van der Waals surface area contributed by atoms with Crippen molar-refractivity contribution in [2.75, 3.05) is 13.2 Å². The highest BCUT2D eigenvalue weighted by Gasteiger charge is 2.24. The first-order chi connectivity index (χ1) is 7.66. The molecule has 1 aliphatic rings. The van der Waals surface area contributed by atoms with Crippen molar-refractivity contribution < 1.29 is 9.15 Å². The van der Waals surface area contributed by atoms with Gasteiger partial charge in [0.1, 0.15) is 11.5 Å². The molecular formula is C13H21NO2. The third-order valence-electron chi connectivity index (χ3n) is 3.37. The maximum atomic E-state index is 5.62. The highest BCUT2D eigenvalue weighted by Crippen LogP contribution is 2.21. The first-order valence-electron chi connectivity index (χ1n) is 6.07. The van der Waals surface area contributed by atoms with Gasteiger partial charge in [0.2, 0.25) is 0 Å². The summed E-state index contributed by atoms with van der Waals surface area (Å²) in [6, 6.07) is 4.80. The fourth-order valence-corrected chi connectivity index (χ4v) is 2.25. The van der Waals surface area contributed by atoms with Crippen molar-refractivity contribution in [2.45, 2.75) is 39.3 Å². The lowest BCUT2D eigenvalue weighted by molar-refractivity contribution is 0.176. The summed E-state index contributed by atoms with van der Waals surface area (Å²) in [4.78, 5) is 0. The minimum absolute atomic E-state index is 0.268. The van der Waals surface area contributed by atoms with Crippen molar-refractivity contribution >= 4 is 0 Å². The quantitative estimate of drug-likeness (QED) is 0.852. The van der Waals surface area contributed by atoms with E-state index in [4.69, 9.17) is 9.15 Å². The van der Waals surface area contributed by atoms with E-state index < -0.39 is 0 Å². The second kappa shape index (κ2) is 5.02. The summed E-state index contributed by atoms with van der Waals surface area (Å²) in [7, 11) is 0. The maximum Gasteiger partial charge on any atom is 0.120 e. The number of hydrogen-bond acceptors (Lipinski definition) is 3. The molecule has 1 N–H and O–H groups in total. The van der Waals surface area contributed by atoms with Gasteiger partial charge in [0, 0.05) is 12.6 Å². The summed E-state index contributed by atoms with van der Waals surface area (Å²) in [5.74, 6) is 2.63. The van der Waals surface area contributed by atoms with Gasteiger partial charge in [-0.3, -0.25) is 0 Å². The third-order valence-corrected chi connectivity index (χ3v) is 3.37. The molecule has 0 spiro atoms. The van der Waals surface area contributed by atoms with Crippen LogP contribution in [0.4, 0.5) is 0 Å². The number of ether oxygens (including phenoxy) is 1. The summed E-state index contributed by atoms with van der Waals surface area (Å²) in [5.41, 5.74) is 0. The van der Waals surface area contributed by atoms with Gasteiger partial charge < -0.3 is 14.5 Å². The SMILES string of the molecule is Cc1ccc(C(C)NC(C)C2CCOC2)o1. The Bertz CT molecular complexity index is 328. The molecule has 0 saturated carbocycles. The Balaban J connectivity index is 1.88. The lowest BCUT2D eigenvalue weighted by Crippen LogP contribution is -2.35. The molecule has 3 heteroatoms. The third kappa shape index (κ3) is 2.66. The highest BCUT2D eigenvalue weighted by molar-refractivity contribution is 5.09. The number of aryl methyl sites for hydroxylation is 1. The Hall–Kier alpha value is -0.800. The Morgan fingerprint density at radius 2 is 2.19 bits per heavy atom. The zero-order valence-corrected chi connectivity index (χ0v) is 10.3. The van der Waals surface area contributed by atoms with Crippen LogP contribution in [0.15, 0.2) is 16.5 Å². The average Bonchev–Trinajstić information content (AvgIpc) is 2.87. The molecule has 0 radical (unpaired) electrons. The molecular weight excluding hydrogens is 202 g/mol. The Kier molecular flexibility index (Phi) is 3.66. The first-order valence-corrected chi connectivity index (χ1v) is 6.07. The molecule has 90 valence electrons. The van der Waals surface area contributed by atoms with Crippen LogP contribution in [-0.2, 0) is 4.74 Å². The number of rotatable bonds is 4. The minimum atomic E-state index is 0.268. The van der Waals surface area contributed by atoms with Gasteiger partial charge >= 0.3 is 0 Å². The van der Waals surface area contributed by atoms with Crippen LogP contribution in [0.3, 0.4) is 0 Å². The molecule has 2 rings (SSSR count). The van der Waals surface area contributed by atoms with Crippen molar-refractivity contribution in [2.24, 2.45) is 5.92 Å². The second-order valence-electron chi connectivity index (χ2n) is 4.75. The van der Waals surface area contributed by atoms with E-state index in [2.05, 4.69) is 19.2 Å². The van der Waals surface area contributed by atoms with Gasteiger partial charge in [-0.25, -0.2) is 0 Å². The highest BCUT2D eigenvalue weighted by atomic mass is 16.5. The predicted octanol–water partition coefficient (Wildman–Crippen LogP) is 2.66. The van der Waals surface area contributed by atoms with Crippen LogP contribution in [0.1, 0.15) is 37.8 Å². The van der Waals surface area contributed by atoms with E-state index in [-0.39, 0.29) is 6.04 Å². The van der Waals surface area contributed by atoms with Gasteiger partial charge in [-0.15, -0.1) is 0 Å². The lowest BCUT2D eigenvalue weighted by Gasteiger charge is -2.22. The average molecular weight is 223 g/mol. The van der Waals surface area contributed by atoms with Crippen molar-refractivity contribution in [3.8, 4) is 0 Å². The van der Waals surface area contributed by atoms with Crippen molar-refractivity contribution in [1.82, 2.24) is 5.32 Å². The van der Waals surface area contributed by atoms with Crippen LogP contribution in [0.2, 0.25) is 0 Å². The van der Waals surface area contributed by atoms with Crippen molar-refractivity contribution in [3.63, 3.8) is 0 Å². The molecule has 3 nitrogen and oxygen atoms in total. The largest absolute Gasteiger partial charge is 0.465 e. The summed E-state index contributed by atoms with van der Waals surface area (Å²) < 4.78 is 11.0. The molecule has 3 atom stereocenters. The number of nitrogens with one attached hydrogen (secondary N) is 1. The van der Waals surface area contributed by atoms with Gasteiger partial charge in [-0.05, 0) is 45.2 Å². The fraction of sp³-hybridized carbons (Fsp3) is 0.692. The molecule has 1 aliphatic heterocycles. The van der Waals surface area contributed by atoms with E-state index >= 15 is 0 Å². The molecule has 1 fully saturated rings. The molecule has 0 aromatic carbocycles. The van der Waals surface area contributed by atoms with E-state index in [9.17, 15) is 0 Å². The number of hydrogen-bond donors (Lipinski definition) is 1. The lowest BCUT2D eigenvalue weighted by atomic mass is 10.00. The van der Waals surface area contributed by atoms with E-state index in [0.29, 0.717) is 12.0 Å². The second-order valence-corrected chi connectivity index (χ2v) is 4.75. The van der Waals surface area contributed by atoms with E-state index in [1.54, 1.807) is 0 Å². The van der Waals surface area contributed by atoms with E-state index in [0.717, 1.165) is 31.2 Å². The van der Waals surface area contributed by atoms with E-state index in [1.807, 2.05) is 19.1 Å². The maximum absolute atomic E-state index is 5.62. The molecule has 0 aliphatic carbocycles. The first kappa shape index (κ1) is 11.7. The molecule has 1 saturated heterocycles. The summed E-state index contributed by atoms with van der Waals surface area (Å²) in [6.07, 6.45) is 1.16. The molecule has 0 bridgehead atoms. The van der Waals surface area contributed by atoms with Crippen LogP contribution in [-0.4, -0.2) is 19.3 Å². The normalized spacial score (nSPS) is 24.6. The molecule has 3 unspecified atom stereocenters. The van der Waals surface area contributed by atoms with Crippen molar-refractivity contribution in [3.05, 3.63) is 23.7 Å². The molecule has 16 heavy (non-hydrogen) atoms. The molecule has 0 amide bonds. The summed E-state index contributed by atoms with van der Waals surface area (Å²) >= 11 is 0. The van der Waals surface area contributed by atoms with Crippen LogP contribution in [0, 0.1) is 12.8 Å². The summed E-state index contributed by atoms with van der Waals surface area (Å²) in [5, 5.41) is 3.58. The van der Waals surface area contributed by atoms with Gasteiger partial charge in [-0.1, -0.05) is 0 Å². The predicted molar refractivity (Wildman–Crippen MR) is 63.4 cm³/mol. The van der Waals surface area contributed by atoms with Crippen LogP contribution in [0.25, 0.3) is 0 Å². The van der Waals surface area contributed by atoms with Gasteiger partial charge in [0.15, 0.2) is 0 Å². The van der Waals surface area contributed by atoms with Crippen LogP contribution >= 0.6 is 0 Å². The zero-order valence-electron chi connectivity index (χ0n) is 10.3. The van der Waals surface area contributed by atoms with Gasteiger partial charge in [-0.2, -0.15) is 0 Å². The standard InChI is InChI=1S/C13H21NO2/c1-9-4-5-13(16-9)11(3)14-10(2)12-6-7-15-8-12/h4-5,10-12,14H,6-8H2,1-3H3. The smallest absolute Gasteiger partial charge is 0.120 e. The molecule has 1 aromatic rings. The monoisotopic (exact) mass is 223 g/mol. The molecule has 1 aromatic heterocycles. The Labute approximate surface area is 97.2 Å². The molecule has 2 heterocycles. The number of furan rings is 1. The van der Waals surface area contributed by atoms with Crippen LogP contribution in [0.5, 0.6) is 0 Å². The van der Waals surface area contributed by atoms with Crippen molar-refractivity contribution in [1.29, 1.82) is 0 Å². The van der Waals surface area contributed by atoms with Gasteiger partial charge in [0.25, 0.3) is 0 Å². The minimum Gasteiger partial charge on any atom is -0.465 e. The summed E-state index contributed by atoms with van der Waals surface area (Å²) in [6.45, 7) is 8.14. The zero-order chi connectivity index (χ0) is 11.5. The Morgan fingerprint density at radius 3 is 2.75 bits per heavy atom. The fourth-order valence-electron chi connectivity index (χ4n) is 2.25. The Morgan fingerprint density at radius 1 is 1.38 bits per heavy atom. The van der Waals surface area contributed by atoms with E-state index in [1.165, 1.54) is 0 Å².